The maximum atomic E-state index is 12.9. The van der Waals surface area contributed by atoms with E-state index in [0.717, 1.165) is 35.5 Å². The van der Waals surface area contributed by atoms with Gasteiger partial charge in [-0.25, -0.2) is 9.61 Å². The number of hydrogen-bond donors (Lipinski definition) is 2. The molecule has 3 N–H and O–H groups in total. The number of morpholine rings is 1. The zero-order chi connectivity index (χ0) is 21.2. The van der Waals surface area contributed by atoms with E-state index in [-0.39, 0.29) is 18.3 Å². The van der Waals surface area contributed by atoms with Crippen molar-refractivity contribution in [3.8, 4) is 11.5 Å². The third-order valence-electron chi connectivity index (χ3n) is 5.19. The van der Waals surface area contributed by atoms with Crippen molar-refractivity contribution in [1.82, 2.24) is 19.9 Å². The lowest BCUT2D eigenvalue weighted by Crippen LogP contribution is -2.36. The molecule has 158 valence electrons. The van der Waals surface area contributed by atoms with Crippen LogP contribution in [0.5, 0.6) is 0 Å². The predicted octanol–water partition coefficient (Wildman–Crippen LogP) is 2.14. The number of imidazole rings is 1. The summed E-state index contributed by atoms with van der Waals surface area (Å²) in [6, 6.07) is 15.3. The van der Waals surface area contributed by atoms with E-state index in [0.29, 0.717) is 24.7 Å². The molecule has 1 saturated heterocycles. The molecule has 2 aromatic heterocycles. The van der Waals surface area contributed by atoms with Crippen LogP contribution in [-0.2, 0) is 16.1 Å². The van der Waals surface area contributed by atoms with Gasteiger partial charge in [0.2, 0.25) is 5.91 Å². The Morgan fingerprint density at radius 3 is 2.74 bits per heavy atom. The van der Waals surface area contributed by atoms with E-state index < -0.39 is 0 Å². The van der Waals surface area contributed by atoms with Gasteiger partial charge in [0.05, 0.1) is 24.2 Å². The summed E-state index contributed by atoms with van der Waals surface area (Å²) in [5.41, 5.74) is 9.46. The van der Waals surface area contributed by atoms with Gasteiger partial charge in [0.1, 0.15) is 6.54 Å². The van der Waals surface area contributed by atoms with Crippen LogP contribution in [0, 0.1) is 0 Å². The van der Waals surface area contributed by atoms with Crippen molar-refractivity contribution in [3.63, 3.8) is 0 Å². The molecule has 5 rings (SSSR count). The second-order valence-corrected chi connectivity index (χ2v) is 7.21. The Bertz CT molecular complexity index is 1230. The molecule has 2 aromatic carbocycles. The molecule has 4 aromatic rings. The molecule has 0 saturated carbocycles. The number of amides is 1. The van der Waals surface area contributed by atoms with E-state index in [1.54, 1.807) is 4.57 Å². The van der Waals surface area contributed by atoms with Gasteiger partial charge >= 0.3 is 0 Å². The molecule has 0 aliphatic carbocycles. The van der Waals surface area contributed by atoms with Crippen LogP contribution in [0.3, 0.4) is 0 Å². The number of nitrogens with zero attached hydrogens (tertiary/aromatic N) is 5. The number of rotatable bonds is 5. The lowest BCUT2D eigenvalue weighted by atomic mass is 10.2. The molecule has 10 nitrogen and oxygen atoms in total. The fraction of sp³-hybridized carbons (Fsp3) is 0.238. The molecular formula is C21H21N7O3. The number of benzene rings is 2. The normalized spacial score (nSPS) is 14.1. The van der Waals surface area contributed by atoms with Crippen molar-refractivity contribution in [2.24, 2.45) is 0 Å². The SMILES string of the molecule is Nc1nonc1-c1nc2ccccc2n1CC(=O)Nc1cccc(N2CCOCC2)c1. The minimum Gasteiger partial charge on any atom is -0.379 e. The van der Waals surface area contributed by atoms with Crippen LogP contribution >= 0.6 is 0 Å². The van der Waals surface area contributed by atoms with E-state index >= 15 is 0 Å². The number of anilines is 3. The molecule has 1 aliphatic rings. The van der Waals surface area contributed by atoms with Crippen molar-refractivity contribution in [3.05, 3.63) is 48.5 Å². The molecule has 0 unspecified atom stereocenters. The maximum absolute atomic E-state index is 12.9. The zero-order valence-electron chi connectivity index (χ0n) is 16.7. The van der Waals surface area contributed by atoms with Crippen LogP contribution in [0.25, 0.3) is 22.6 Å². The third-order valence-corrected chi connectivity index (χ3v) is 5.19. The summed E-state index contributed by atoms with van der Waals surface area (Å²) >= 11 is 0. The number of fused-ring (bicyclic) bond motifs is 1. The molecule has 3 heterocycles. The Labute approximate surface area is 177 Å². The van der Waals surface area contributed by atoms with Crippen LogP contribution in [0.1, 0.15) is 0 Å². The number of para-hydroxylation sites is 2. The summed E-state index contributed by atoms with van der Waals surface area (Å²) in [5, 5.41) is 10.5. The first-order chi connectivity index (χ1) is 15.2. The zero-order valence-corrected chi connectivity index (χ0v) is 16.7. The fourth-order valence-electron chi connectivity index (χ4n) is 3.71. The standard InChI is InChI=1S/C21H21N7O3/c22-20-19(25-31-26-20)21-24-16-6-1-2-7-17(16)28(21)13-18(29)23-14-4-3-5-15(12-14)27-8-10-30-11-9-27/h1-7,12H,8-11,13H2,(H2,22,26)(H,23,29). The van der Waals surface area contributed by atoms with Crippen LogP contribution in [-0.4, -0.2) is 52.1 Å². The van der Waals surface area contributed by atoms with E-state index in [9.17, 15) is 4.79 Å². The Morgan fingerprint density at radius 2 is 1.94 bits per heavy atom. The Kier molecular flexibility index (Phi) is 4.97. The van der Waals surface area contributed by atoms with Crippen LogP contribution < -0.4 is 16.0 Å². The van der Waals surface area contributed by atoms with Gasteiger partial charge in [-0.1, -0.05) is 18.2 Å². The molecule has 0 spiro atoms. The fourth-order valence-corrected chi connectivity index (χ4v) is 3.71. The van der Waals surface area contributed by atoms with Crippen LogP contribution in [0.15, 0.2) is 53.2 Å². The summed E-state index contributed by atoms with van der Waals surface area (Å²) in [7, 11) is 0. The summed E-state index contributed by atoms with van der Waals surface area (Å²) in [5.74, 6) is 0.353. The molecule has 1 amide bonds. The second-order valence-electron chi connectivity index (χ2n) is 7.21. The number of nitrogen functional groups attached to an aromatic ring is 1. The number of nitrogens with one attached hydrogen (secondary N) is 1. The summed E-state index contributed by atoms with van der Waals surface area (Å²) in [4.78, 5) is 19.7. The smallest absolute Gasteiger partial charge is 0.244 e. The molecule has 0 bridgehead atoms. The van der Waals surface area contributed by atoms with Crippen LogP contribution in [0.4, 0.5) is 17.2 Å². The Hall–Kier alpha value is -3.92. The van der Waals surface area contributed by atoms with Crippen molar-refractivity contribution >= 4 is 34.1 Å². The summed E-state index contributed by atoms with van der Waals surface area (Å²) in [6.07, 6.45) is 0. The Morgan fingerprint density at radius 1 is 1.10 bits per heavy atom. The monoisotopic (exact) mass is 419 g/mol. The van der Waals surface area contributed by atoms with Crippen LogP contribution in [0.2, 0.25) is 0 Å². The van der Waals surface area contributed by atoms with E-state index in [1.165, 1.54) is 0 Å². The number of hydrogen-bond acceptors (Lipinski definition) is 8. The van der Waals surface area contributed by atoms with Gasteiger partial charge in [-0.15, -0.1) is 0 Å². The number of nitrogens with two attached hydrogens (primary N) is 1. The quantitative estimate of drug-likeness (QED) is 0.504. The number of ether oxygens (including phenoxy) is 1. The summed E-state index contributed by atoms with van der Waals surface area (Å²) < 4.78 is 11.9. The summed E-state index contributed by atoms with van der Waals surface area (Å²) in [6.45, 7) is 3.09. The lowest BCUT2D eigenvalue weighted by molar-refractivity contribution is -0.116. The van der Waals surface area contributed by atoms with Gasteiger partial charge in [-0.05, 0) is 40.6 Å². The predicted molar refractivity (Wildman–Crippen MR) is 116 cm³/mol. The second kappa shape index (κ2) is 8.07. The highest BCUT2D eigenvalue weighted by Crippen LogP contribution is 2.27. The number of aromatic nitrogens is 4. The minimum atomic E-state index is -0.196. The van der Waals surface area contributed by atoms with Crippen molar-refractivity contribution < 1.29 is 14.2 Å². The lowest BCUT2D eigenvalue weighted by Gasteiger charge is -2.29. The average molecular weight is 419 g/mol. The average Bonchev–Trinajstić information content (AvgIpc) is 3.38. The molecule has 31 heavy (non-hydrogen) atoms. The van der Waals surface area contributed by atoms with Crippen molar-refractivity contribution in [2.75, 3.05) is 42.3 Å². The first kappa shape index (κ1) is 19.1. The van der Waals surface area contributed by atoms with Gasteiger partial charge in [0.25, 0.3) is 0 Å². The van der Waals surface area contributed by atoms with Crippen molar-refractivity contribution in [2.45, 2.75) is 6.54 Å². The first-order valence-electron chi connectivity index (χ1n) is 9.95. The largest absolute Gasteiger partial charge is 0.379 e. The highest BCUT2D eigenvalue weighted by molar-refractivity contribution is 5.93. The van der Waals surface area contributed by atoms with Gasteiger partial charge in [-0.2, -0.15) is 0 Å². The molecule has 10 heteroatoms. The highest BCUT2D eigenvalue weighted by atomic mass is 16.6. The molecule has 1 fully saturated rings. The van der Waals surface area contributed by atoms with E-state index in [4.69, 9.17) is 15.1 Å². The Balaban J connectivity index is 1.40. The molecule has 0 atom stereocenters. The third kappa shape index (κ3) is 3.80. The number of carbonyl (C=O) groups excluding carboxylic acids is 1. The maximum Gasteiger partial charge on any atom is 0.244 e. The topological polar surface area (TPSA) is 124 Å². The first-order valence-corrected chi connectivity index (χ1v) is 9.95. The van der Waals surface area contributed by atoms with E-state index in [1.807, 2.05) is 48.5 Å². The van der Waals surface area contributed by atoms with Gasteiger partial charge in [0, 0.05) is 24.5 Å². The van der Waals surface area contributed by atoms with Gasteiger partial charge in [0.15, 0.2) is 17.3 Å². The van der Waals surface area contributed by atoms with E-state index in [2.05, 4.69) is 25.5 Å². The number of carbonyl (C=O) groups is 1. The minimum absolute atomic E-state index is 0.0317. The molecule has 1 aliphatic heterocycles. The van der Waals surface area contributed by atoms with Crippen molar-refractivity contribution in [1.29, 1.82) is 0 Å². The van der Waals surface area contributed by atoms with Gasteiger partial charge in [-0.3, -0.25) is 4.79 Å². The molecular weight excluding hydrogens is 398 g/mol. The van der Waals surface area contributed by atoms with Gasteiger partial charge < -0.3 is 25.3 Å². The highest BCUT2D eigenvalue weighted by Gasteiger charge is 2.21. The molecule has 0 radical (unpaired) electrons.